The summed E-state index contributed by atoms with van der Waals surface area (Å²) in [4.78, 5) is 32.9. The topological polar surface area (TPSA) is 98.1 Å². The fourth-order valence-electron chi connectivity index (χ4n) is 5.21. The highest BCUT2D eigenvalue weighted by atomic mass is 16.2. The van der Waals surface area contributed by atoms with Gasteiger partial charge in [-0.05, 0) is 60.2 Å². The highest BCUT2D eigenvalue weighted by Gasteiger charge is 2.62. The van der Waals surface area contributed by atoms with Crippen molar-refractivity contribution in [2.24, 2.45) is 11.8 Å². The fraction of sp³-hybridized carbons (Fsp3) is 0.308. The summed E-state index contributed by atoms with van der Waals surface area (Å²) in [6.45, 7) is 5.66. The molecule has 0 radical (unpaired) electrons. The summed E-state index contributed by atoms with van der Waals surface area (Å²) in [7, 11) is 0. The summed E-state index contributed by atoms with van der Waals surface area (Å²) in [5, 5.41) is 15.8. The van der Waals surface area contributed by atoms with E-state index in [0.717, 1.165) is 18.7 Å². The third kappa shape index (κ3) is 3.73. The molecular weight excluding hydrogens is 414 g/mol. The number of nitriles is 1. The molecule has 2 saturated heterocycles. The van der Waals surface area contributed by atoms with Crippen molar-refractivity contribution < 1.29 is 9.59 Å². The number of nitrogens with zero attached hydrogens (tertiary/aromatic N) is 3. The van der Waals surface area contributed by atoms with Crippen LogP contribution < -0.4 is 10.6 Å². The number of benzene rings is 1. The van der Waals surface area contributed by atoms with E-state index in [9.17, 15) is 9.59 Å². The molecule has 3 atom stereocenters. The first-order chi connectivity index (χ1) is 16.1. The highest BCUT2D eigenvalue weighted by molar-refractivity contribution is 6.06. The van der Waals surface area contributed by atoms with E-state index in [-0.39, 0.29) is 17.7 Å². The quantitative estimate of drug-likeness (QED) is 0.390. The molecule has 2 N–H and O–H groups in total. The lowest BCUT2D eigenvalue weighted by atomic mass is 9.87. The number of rotatable bonds is 7. The molecule has 1 aliphatic carbocycles. The van der Waals surface area contributed by atoms with Crippen LogP contribution in [0.15, 0.2) is 73.3 Å². The maximum atomic E-state index is 13.9. The normalized spacial score (nSPS) is 28.8. The number of carbonyl (C=O) groups excluding carboxylic acids is 2. The largest absolute Gasteiger partial charge is 0.357 e. The molecule has 2 aromatic rings. The van der Waals surface area contributed by atoms with E-state index in [1.54, 1.807) is 42.7 Å². The zero-order valence-electron chi connectivity index (χ0n) is 18.2. The van der Waals surface area contributed by atoms with E-state index in [0.29, 0.717) is 41.6 Å². The molecule has 3 fully saturated rings. The average Bonchev–Trinajstić information content (AvgIpc) is 3.15. The first kappa shape index (κ1) is 21.1. The van der Waals surface area contributed by atoms with Gasteiger partial charge in [-0.2, -0.15) is 5.26 Å². The highest BCUT2D eigenvalue weighted by Crippen LogP contribution is 2.49. The number of aromatic nitrogens is 1. The number of pyridine rings is 1. The van der Waals surface area contributed by atoms with E-state index >= 15 is 0 Å². The van der Waals surface area contributed by atoms with E-state index < -0.39 is 5.54 Å². The van der Waals surface area contributed by atoms with Gasteiger partial charge in [-0.1, -0.05) is 6.08 Å². The van der Waals surface area contributed by atoms with Gasteiger partial charge in [-0.15, -0.1) is 6.58 Å². The van der Waals surface area contributed by atoms with Crippen molar-refractivity contribution in [3.05, 3.63) is 90.0 Å². The molecule has 7 heteroatoms. The van der Waals surface area contributed by atoms with Gasteiger partial charge < -0.3 is 10.6 Å². The van der Waals surface area contributed by atoms with Crippen LogP contribution >= 0.6 is 0 Å². The van der Waals surface area contributed by atoms with Crippen molar-refractivity contribution in [1.82, 2.24) is 20.5 Å². The van der Waals surface area contributed by atoms with Crippen LogP contribution in [0.4, 0.5) is 0 Å². The van der Waals surface area contributed by atoms with Gasteiger partial charge in [0.25, 0.3) is 5.91 Å². The van der Waals surface area contributed by atoms with Crippen LogP contribution in [-0.2, 0) is 11.2 Å². The first-order valence-electron chi connectivity index (χ1n) is 11.1. The van der Waals surface area contributed by atoms with Crippen molar-refractivity contribution >= 4 is 11.7 Å². The minimum Gasteiger partial charge on any atom is -0.357 e. The average molecular weight is 440 g/mol. The van der Waals surface area contributed by atoms with Crippen LogP contribution in [0.3, 0.4) is 0 Å². The third-order valence-electron chi connectivity index (χ3n) is 6.91. The summed E-state index contributed by atoms with van der Waals surface area (Å²) >= 11 is 0. The maximum absolute atomic E-state index is 13.9. The Hall–Kier alpha value is -3.76. The van der Waals surface area contributed by atoms with Crippen molar-refractivity contribution in [2.75, 3.05) is 13.1 Å². The molecule has 7 nitrogen and oxygen atoms in total. The standard InChI is InChI=1S/C26H25N5O2/c1-2-9-26(13-17-7-10-28-11-8-17)25(33)31(24-20-15-29-16-21(20)24)23(30-26)12-22(32)19-5-3-18(14-27)4-6-19/h2-8,10-12,20-21,24,29-30H,1,9,13,15-16H2/b23-12+. The number of fused-ring (bicyclic) bond motifs is 1. The van der Waals surface area contributed by atoms with Crippen LogP contribution in [0.5, 0.6) is 0 Å². The SMILES string of the molecule is C=CCC1(Cc2ccncc2)N/C(=C\C(=O)c2ccc(C#N)cc2)N(C2C3CNCC32)C1=O. The number of nitrogens with one attached hydrogen (secondary N) is 2. The molecule has 1 aromatic carbocycles. The van der Waals surface area contributed by atoms with Crippen LogP contribution in [0, 0.1) is 23.2 Å². The maximum Gasteiger partial charge on any atom is 0.254 e. The third-order valence-corrected chi connectivity index (χ3v) is 6.91. The van der Waals surface area contributed by atoms with E-state index in [1.165, 1.54) is 6.08 Å². The van der Waals surface area contributed by atoms with Gasteiger partial charge in [-0.25, -0.2) is 0 Å². The number of piperidine rings is 1. The van der Waals surface area contributed by atoms with Gasteiger partial charge in [-0.3, -0.25) is 19.5 Å². The number of amides is 1. The lowest BCUT2D eigenvalue weighted by molar-refractivity contribution is -0.132. The van der Waals surface area contributed by atoms with Crippen molar-refractivity contribution in [3.63, 3.8) is 0 Å². The number of carbonyl (C=O) groups is 2. The fourth-order valence-corrected chi connectivity index (χ4v) is 5.21. The minimum absolute atomic E-state index is 0.0162. The Labute approximate surface area is 192 Å². The zero-order valence-corrected chi connectivity index (χ0v) is 18.2. The van der Waals surface area contributed by atoms with Gasteiger partial charge in [0.1, 0.15) is 11.4 Å². The lowest BCUT2D eigenvalue weighted by Gasteiger charge is -2.26. The Morgan fingerprint density at radius 1 is 1.21 bits per heavy atom. The van der Waals surface area contributed by atoms with Crippen LogP contribution in [-0.4, -0.2) is 46.2 Å². The molecule has 3 heterocycles. The second-order valence-corrected chi connectivity index (χ2v) is 8.97. The second kappa shape index (κ2) is 8.30. The molecule has 0 spiro atoms. The predicted molar refractivity (Wildman–Crippen MR) is 123 cm³/mol. The summed E-state index contributed by atoms with van der Waals surface area (Å²) in [5.41, 5.74) is 1.06. The first-order valence-corrected chi connectivity index (χ1v) is 11.1. The van der Waals surface area contributed by atoms with Crippen LogP contribution in [0.25, 0.3) is 0 Å². The van der Waals surface area contributed by atoms with Gasteiger partial charge in [0.05, 0.1) is 11.6 Å². The molecule has 5 rings (SSSR count). The van der Waals surface area contributed by atoms with E-state index in [2.05, 4.69) is 28.3 Å². The summed E-state index contributed by atoms with van der Waals surface area (Å²) in [5.74, 6) is 1.14. The monoisotopic (exact) mass is 439 g/mol. The van der Waals surface area contributed by atoms with Crippen molar-refractivity contribution in [2.45, 2.75) is 24.4 Å². The molecule has 166 valence electrons. The molecule has 33 heavy (non-hydrogen) atoms. The Morgan fingerprint density at radius 3 is 2.55 bits per heavy atom. The molecule has 1 aromatic heterocycles. The smallest absolute Gasteiger partial charge is 0.254 e. The summed E-state index contributed by atoms with van der Waals surface area (Å²) < 4.78 is 0. The van der Waals surface area contributed by atoms with E-state index in [1.807, 2.05) is 17.0 Å². The summed E-state index contributed by atoms with van der Waals surface area (Å²) in [6.07, 6.45) is 7.63. The lowest BCUT2D eigenvalue weighted by Crippen LogP contribution is -2.49. The van der Waals surface area contributed by atoms with Gasteiger partial charge >= 0.3 is 0 Å². The predicted octanol–water partition coefficient (Wildman–Crippen LogP) is 2.18. The van der Waals surface area contributed by atoms with Gasteiger partial charge in [0.2, 0.25) is 0 Å². The molecule has 0 bridgehead atoms. The molecule has 2 aliphatic heterocycles. The zero-order chi connectivity index (χ0) is 23.0. The Morgan fingerprint density at radius 2 is 1.91 bits per heavy atom. The van der Waals surface area contributed by atoms with Crippen LogP contribution in [0.1, 0.15) is 27.9 Å². The Bertz CT molecular complexity index is 1160. The second-order valence-electron chi connectivity index (χ2n) is 8.97. The van der Waals surface area contributed by atoms with Gasteiger partial charge in [0.15, 0.2) is 5.78 Å². The molecular formula is C26H25N5O2. The molecule has 3 unspecified atom stereocenters. The van der Waals surface area contributed by atoms with Crippen molar-refractivity contribution in [1.29, 1.82) is 5.26 Å². The minimum atomic E-state index is -0.899. The van der Waals surface area contributed by atoms with E-state index in [4.69, 9.17) is 5.26 Å². The number of hydrogen-bond acceptors (Lipinski definition) is 6. The Kier molecular flexibility index (Phi) is 5.31. The molecule has 3 aliphatic rings. The molecule has 1 amide bonds. The van der Waals surface area contributed by atoms with Crippen LogP contribution in [0.2, 0.25) is 0 Å². The Balaban J connectivity index is 1.50. The number of hydrogen-bond donors (Lipinski definition) is 2. The number of allylic oxidation sites excluding steroid dienone is 1. The molecule has 1 saturated carbocycles. The summed E-state index contributed by atoms with van der Waals surface area (Å²) in [6, 6.07) is 12.5. The van der Waals surface area contributed by atoms with Crippen molar-refractivity contribution in [3.8, 4) is 6.07 Å². The number of ketones is 1. The van der Waals surface area contributed by atoms with Gasteiger partial charge in [0, 0.05) is 49.6 Å².